The number of halogens is 4. The Bertz CT molecular complexity index is 458. The Morgan fingerprint density at radius 3 is 2.55 bits per heavy atom. The average molecular weight is 325 g/mol. The number of hydrogen-bond donors (Lipinski definition) is 1. The number of benzene rings is 1. The Labute approximate surface area is 123 Å². The molecule has 0 aromatic heterocycles. The van der Waals surface area contributed by atoms with Gasteiger partial charge >= 0.3 is 6.18 Å². The van der Waals surface area contributed by atoms with Gasteiger partial charge in [-0.05, 0) is 24.7 Å². The Balaban J connectivity index is 2.24. The largest absolute Gasteiger partial charge is 0.419 e. The van der Waals surface area contributed by atoms with E-state index in [2.05, 4.69) is 5.32 Å². The normalized spacial score (nSPS) is 21.8. The molecule has 1 N–H and O–H groups in total. The van der Waals surface area contributed by atoms with Crippen LogP contribution < -0.4 is 5.32 Å². The molecule has 1 saturated heterocycles. The van der Waals surface area contributed by atoms with Gasteiger partial charge in [0.1, 0.15) is 5.82 Å². The predicted molar refractivity (Wildman–Crippen MR) is 76.8 cm³/mol. The maximum atomic E-state index is 13.7. The second-order valence-corrected chi connectivity index (χ2v) is 6.98. The predicted octanol–water partition coefficient (Wildman–Crippen LogP) is 3.95. The molecule has 2 atom stereocenters. The van der Waals surface area contributed by atoms with Crippen molar-refractivity contribution < 1.29 is 17.6 Å². The van der Waals surface area contributed by atoms with Crippen molar-refractivity contribution in [2.45, 2.75) is 17.5 Å². The Kier molecular flexibility index (Phi) is 5.25. The molecule has 0 aliphatic carbocycles. The first-order chi connectivity index (χ1) is 9.43. The monoisotopic (exact) mass is 325 g/mol. The molecular formula is C13H15F4NS2. The molecule has 1 nitrogen and oxygen atoms in total. The van der Waals surface area contributed by atoms with Gasteiger partial charge in [0.25, 0.3) is 0 Å². The van der Waals surface area contributed by atoms with Crippen LogP contribution in [0.25, 0.3) is 0 Å². The molecule has 112 valence electrons. The highest BCUT2D eigenvalue weighted by Gasteiger charge is 2.35. The molecule has 1 aliphatic rings. The van der Waals surface area contributed by atoms with E-state index in [1.807, 2.05) is 11.8 Å². The lowest BCUT2D eigenvalue weighted by Crippen LogP contribution is -2.31. The molecule has 20 heavy (non-hydrogen) atoms. The van der Waals surface area contributed by atoms with Crippen molar-refractivity contribution in [2.24, 2.45) is 0 Å². The van der Waals surface area contributed by atoms with E-state index in [-0.39, 0.29) is 11.3 Å². The maximum absolute atomic E-state index is 13.7. The third-order valence-electron chi connectivity index (χ3n) is 3.18. The maximum Gasteiger partial charge on any atom is 0.419 e. The number of thioether (sulfide) groups is 2. The lowest BCUT2D eigenvalue weighted by Gasteiger charge is -2.29. The summed E-state index contributed by atoms with van der Waals surface area (Å²) in [6, 6.07) is 3.07. The molecule has 1 aromatic rings. The minimum Gasteiger partial charge on any atom is -0.312 e. The van der Waals surface area contributed by atoms with Crippen LogP contribution in [0.3, 0.4) is 0 Å². The summed E-state index contributed by atoms with van der Waals surface area (Å²) in [7, 11) is 1.75. The highest BCUT2D eigenvalue weighted by Crippen LogP contribution is 2.36. The summed E-state index contributed by atoms with van der Waals surface area (Å²) in [5.74, 6) is 1.80. The molecule has 2 unspecified atom stereocenters. The molecule has 0 spiro atoms. The van der Waals surface area contributed by atoms with Crippen LogP contribution in [0.2, 0.25) is 0 Å². The van der Waals surface area contributed by atoms with Gasteiger partial charge in [0.05, 0.1) is 5.56 Å². The van der Waals surface area contributed by atoms with Crippen LogP contribution >= 0.6 is 23.5 Å². The molecule has 0 radical (unpaired) electrons. The molecule has 1 aromatic carbocycles. The molecule has 7 heteroatoms. The summed E-state index contributed by atoms with van der Waals surface area (Å²) in [4.78, 5) is 0. The Morgan fingerprint density at radius 2 is 2.05 bits per heavy atom. The van der Waals surface area contributed by atoms with Gasteiger partial charge in [-0.2, -0.15) is 36.7 Å². The van der Waals surface area contributed by atoms with E-state index in [4.69, 9.17) is 0 Å². The fraction of sp³-hybridized carbons (Fsp3) is 0.538. The second kappa shape index (κ2) is 6.58. The molecule has 0 amide bonds. The molecule has 1 aliphatic heterocycles. The minimum absolute atomic E-state index is 0.135. The highest BCUT2D eigenvalue weighted by molar-refractivity contribution is 8.06. The lowest BCUT2D eigenvalue weighted by atomic mass is 10.0. The van der Waals surface area contributed by atoms with E-state index in [0.717, 1.165) is 29.4 Å². The van der Waals surface area contributed by atoms with Crippen LogP contribution in [0.4, 0.5) is 17.6 Å². The van der Waals surface area contributed by atoms with Crippen molar-refractivity contribution in [1.29, 1.82) is 0 Å². The van der Waals surface area contributed by atoms with Gasteiger partial charge in [-0.25, -0.2) is 4.39 Å². The van der Waals surface area contributed by atoms with E-state index in [0.29, 0.717) is 5.56 Å². The zero-order valence-electron chi connectivity index (χ0n) is 10.8. The van der Waals surface area contributed by atoms with Crippen molar-refractivity contribution >= 4 is 23.5 Å². The molecule has 1 heterocycles. The number of alkyl halides is 3. The zero-order valence-corrected chi connectivity index (χ0v) is 12.5. The standard InChI is InChI=1S/C13H15F4NS2/c1-18-12(11-7-19-4-5-20-11)8-2-3-9(10(14)6-8)13(15,16)17/h2-3,6,11-12,18H,4-5,7H2,1H3. The van der Waals surface area contributed by atoms with Crippen molar-refractivity contribution in [3.8, 4) is 0 Å². The van der Waals surface area contributed by atoms with E-state index in [9.17, 15) is 17.6 Å². The van der Waals surface area contributed by atoms with Gasteiger partial charge in [0.15, 0.2) is 0 Å². The fourth-order valence-corrected chi connectivity index (χ4v) is 5.13. The first-order valence-corrected chi connectivity index (χ1v) is 8.37. The SMILES string of the molecule is CNC(c1ccc(C(F)(F)F)c(F)c1)C1CSCCS1. The van der Waals surface area contributed by atoms with Gasteiger partial charge in [-0.1, -0.05) is 6.07 Å². The van der Waals surface area contributed by atoms with Crippen molar-refractivity contribution in [1.82, 2.24) is 5.32 Å². The summed E-state index contributed by atoms with van der Waals surface area (Å²) in [5.41, 5.74) is -0.639. The quantitative estimate of drug-likeness (QED) is 0.845. The average Bonchev–Trinajstić information content (AvgIpc) is 2.39. The van der Waals surface area contributed by atoms with Crippen LogP contribution in [-0.2, 0) is 6.18 Å². The first kappa shape index (κ1) is 16.0. The third kappa shape index (κ3) is 3.62. The molecular weight excluding hydrogens is 310 g/mol. The number of hydrogen-bond acceptors (Lipinski definition) is 3. The number of rotatable bonds is 3. The number of nitrogens with one attached hydrogen (secondary N) is 1. The van der Waals surface area contributed by atoms with E-state index in [1.54, 1.807) is 18.8 Å². The van der Waals surface area contributed by atoms with Gasteiger partial charge in [-0.3, -0.25) is 0 Å². The summed E-state index contributed by atoms with van der Waals surface area (Å²) >= 11 is 3.60. The van der Waals surface area contributed by atoms with Crippen LogP contribution in [0, 0.1) is 5.82 Å². The van der Waals surface area contributed by atoms with Crippen LogP contribution in [-0.4, -0.2) is 29.6 Å². The Morgan fingerprint density at radius 1 is 1.30 bits per heavy atom. The van der Waals surface area contributed by atoms with Crippen LogP contribution in [0.15, 0.2) is 18.2 Å². The first-order valence-electron chi connectivity index (χ1n) is 6.16. The summed E-state index contributed by atoms with van der Waals surface area (Å²) in [5, 5.41) is 3.34. The van der Waals surface area contributed by atoms with Gasteiger partial charge in [0, 0.05) is 28.6 Å². The van der Waals surface area contributed by atoms with E-state index >= 15 is 0 Å². The molecule has 1 fully saturated rings. The summed E-state index contributed by atoms with van der Waals surface area (Å²) in [6.45, 7) is 0. The summed E-state index contributed by atoms with van der Waals surface area (Å²) in [6.07, 6.45) is -4.65. The lowest BCUT2D eigenvalue weighted by molar-refractivity contribution is -0.140. The smallest absolute Gasteiger partial charge is 0.312 e. The molecule has 0 saturated carbocycles. The minimum atomic E-state index is -4.65. The zero-order chi connectivity index (χ0) is 14.8. The van der Waals surface area contributed by atoms with Crippen LogP contribution in [0.1, 0.15) is 17.2 Å². The van der Waals surface area contributed by atoms with Gasteiger partial charge in [-0.15, -0.1) is 0 Å². The van der Waals surface area contributed by atoms with Crippen molar-refractivity contribution in [3.05, 3.63) is 35.1 Å². The molecule has 2 rings (SSSR count). The second-order valence-electron chi connectivity index (χ2n) is 4.49. The van der Waals surface area contributed by atoms with Gasteiger partial charge < -0.3 is 5.32 Å². The van der Waals surface area contributed by atoms with Gasteiger partial charge in [0.2, 0.25) is 0 Å². The van der Waals surface area contributed by atoms with Crippen LogP contribution in [0.5, 0.6) is 0 Å². The Hall–Kier alpha value is -0.400. The van der Waals surface area contributed by atoms with E-state index in [1.165, 1.54) is 6.07 Å². The third-order valence-corrected chi connectivity index (χ3v) is 6.05. The van der Waals surface area contributed by atoms with Crippen molar-refractivity contribution in [3.63, 3.8) is 0 Å². The summed E-state index contributed by atoms with van der Waals surface area (Å²) < 4.78 is 51.3. The highest BCUT2D eigenvalue weighted by atomic mass is 32.2. The fourth-order valence-electron chi connectivity index (χ4n) is 2.22. The molecule has 0 bridgehead atoms. The van der Waals surface area contributed by atoms with E-state index < -0.39 is 17.6 Å². The topological polar surface area (TPSA) is 12.0 Å². The van der Waals surface area contributed by atoms with Crippen molar-refractivity contribution in [2.75, 3.05) is 24.3 Å².